The lowest BCUT2D eigenvalue weighted by Crippen LogP contribution is -2.12. The van der Waals surface area contributed by atoms with Crippen LogP contribution < -0.4 is 0 Å². The third-order valence-electron chi connectivity index (χ3n) is 2.08. The molecule has 0 fully saturated rings. The van der Waals surface area contributed by atoms with Gasteiger partial charge in [0.2, 0.25) is 0 Å². The summed E-state index contributed by atoms with van der Waals surface area (Å²) in [5.74, 6) is 0. The molecule has 0 heterocycles. The van der Waals surface area contributed by atoms with E-state index in [4.69, 9.17) is 5.21 Å². The molecule has 0 saturated heterocycles. The second kappa shape index (κ2) is 5.80. The maximum absolute atomic E-state index is 11.0. The Morgan fingerprint density at radius 1 is 1.47 bits per heavy atom. The number of hydrogen-bond donors (Lipinski definition) is 1. The molecular formula is C11H14N2O2. The summed E-state index contributed by atoms with van der Waals surface area (Å²) in [6.45, 7) is 1.97. The number of hydrogen-bond acceptors (Lipinski definition) is 3. The predicted molar refractivity (Wildman–Crippen MR) is 59.6 cm³/mol. The third kappa shape index (κ3) is 3.42. The summed E-state index contributed by atoms with van der Waals surface area (Å²) in [6, 6.07) is 9.31. The molecular weight excluding hydrogens is 192 g/mol. The molecule has 1 N–H and O–H groups in total. The van der Waals surface area contributed by atoms with Gasteiger partial charge < -0.3 is 10.4 Å². The molecule has 80 valence electrons. The minimum atomic E-state index is 0.296. The van der Waals surface area contributed by atoms with Crippen molar-refractivity contribution in [1.82, 2.24) is 0 Å². The van der Waals surface area contributed by atoms with E-state index in [1.165, 1.54) is 6.21 Å². The van der Waals surface area contributed by atoms with Gasteiger partial charge in [0.15, 0.2) is 6.54 Å². The summed E-state index contributed by atoms with van der Waals surface area (Å²) in [7, 11) is 0. The van der Waals surface area contributed by atoms with E-state index in [1.54, 1.807) is 6.92 Å². The van der Waals surface area contributed by atoms with Crippen molar-refractivity contribution >= 4 is 11.9 Å². The first-order valence-electron chi connectivity index (χ1n) is 4.77. The van der Waals surface area contributed by atoms with Crippen LogP contribution in [0.2, 0.25) is 0 Å². The zero-order valence-electron chi connectivity index (χ0n) is 8.63. The molecule has 0 unspecified atom stereocenters. The molecule has 0 atom stereocenters. The second-order valence-corrected chi connectivity index (χ2v) is 3.06. The lowest BCUT2D eigenvalue weighted by atomic mass is 10.1. The fraction of sp³-hybridized carbons (Fsp3) is 0.273. The quantitative estimate of drug-likeness (QED) is 0.269. The fourth-order valence-electron chi connectivity index (χ4n) is 1.23. The Hall–Kier alpha value is -1.84. The molecule has 4 nitrogen and oxygen atoms in total. The van der Waals surface area contributed by atoms with E-state index >= 15 is 0 Å². The van der Waals surface area contributed by atoms with Crippen LogP contribution in [-0.2, 0) is 0 Å². The number of benzene rings is 1. The Kier molecular flexibility index (Phi) is 4.34. The van der Waals surface area contributed by atoms with Gasteiger partial charge in [0.25, 0.3) is 0 Å². The van der Waals surface area contributed by atoms with Crippen molar-refractivity contribution in [1.29, 1.82) is 0 Å². The lowest BCUT2D eigenvalue weighted by molar-refractivity contribution is -0.451. The first-order chi connectivity index (χ1) is 7.27. The van der Waals surface area contributed by atoms with Crippen molar-refractivity contribution in [2.75, 3.05) is 6.54 Å². The largest absolute Gasteiger partial charge is 0.624 e. The Labute approximate surface area is 88.8 Å². The predicted octanol–water partition coefficient (Wildman–Crippen LogP) is 1.86. The SMILES string of the molecule is C/C=[N+](\[O-])CC/C(=N\O)c1ccccc1. The molecule has 4 heteroatoms. The molecule has 0 amide bonds. The van der Waals surface area contributed by atoms with Gasteiger partial charge in [-0.05, 0) is 5.56 Å². The van der Waals surface area contributed by atoms with Gasteiger partial charge >= 0.3 is 0 Å². The molecule has 15 heavy (non-hydrogen) atoms. The maximum Gasteiger partial charge on any atom is 0.158 e. The molecule has 0 aromatic heterocycles. The minimum Gasteiger partial charge on any atom is -0.624 e. The highest BCUT2D eigenvalue weighted by Crippen LogP contribution is 2.04. The van der Waals surface area contributed by atoms with E-state index in [9.17, 15) is 5.21 Å². The average Bonchev–Trinajstić information content (AvgIpc) is 2.31. The van der Waals surface area contributed by atoms with E-state index in [0.717, 1.165) is 10.3 Å². The highest BCUT2D eigenvalue weighted by molar-refractivity contribution is 6.00. The van der Waals surface area contributed by atoms with Crippen LogP contribution >= 0.6 is 0 Å². The highest BCUT2D eigenvalue weighted by Gasteiger charge is 2.05. The summed E-state index contributed by atoms with van der Waals surface area (Å²) in [5, 5.41) is 23.0. The van der Waals surface area contributed by atoms with Crippen molar-refractivity contribution < 1.29 is 9.95 Å². The number of oxime groups is 1. The monoisotopic (exact) mass is 206 g/mol. The van der Waals surface area contributed by atoms with Gasteiger partial charge in [0.05, 0.1) is 12.1 Å². The molecule has 1 aromatic rings. The summed E-state index contributed by atoms with van der Waals surface area (Å²) in [4.78, 5) is 0. The van der Waals surface area contributed by atoms with Gasteiger partial charge in [-0.3, -0.25) is 0 Å². The zero-order valence-corrected chi connectivity index (χ0v) is 8.63. The van der Waals surface area contributed by atoms with E-state index in [-0.39, 0.29) is 0 Å². The first-order valence-corrected chi connectivity index (χ1v) is 4.77. The van der Waals surface area contributed by atoms with Gasteiger partial charge in [0.1, 0.15) is 6.21 Å². The normalized spacial score (nSPS) is 12.9. The van der Waals surface area contributed by atoms with Crippen molar-refractivity contribution in [2.24, 2.45) is 5.16 Å². The van der Waals surface area contributed by atoms with E-state index in [2.05, 4.69) is 5.16 Å². The maximum atomic E-state index is 11.0. The molecule has 0 spiro atoms. The second-order valence-electron chi connectivity index (χ2n) is 3.06. The van der Waals surface area contributed by atoms with Crippen LogP contribution in [0.1, 0.15) is 18.9 Å². The smallest absolute Gasteiger partial charge is 0.158 e. The number of rotatable bonds is 4. The first kappa shape index (κ1) is 11.2. The molecule has 1 rings (SSSR count). The molecule has 0 bridgehead atoms. The van der Waals surface area contributed by atoms with Crippen LogP contribution in [0.3, 0.4) is 0 Å². The molecule has 1 aromatic carbocycles. The standard InChI is InChI=1S/C11H14N2O2/c1-2-13(15)9-8-11(12-14)10-6-4-3-5-7-10/h2-7,14H,8-9H2,1H3/b12-11+,13-2-. The van der Waals surface area contributed by atoms with E-state index in [0.29, 0.717) is 18.7 Å². The Balaban J connectivity index is 2.67. The van der Waals surface area contributed by atoms with Crippen molar-refractivity contribution in [3.8, 4) is 0 Å². The lowest BCUT2D eigenvalue weighted by Gasteiger charge is -2.05. The van der Waals surface area contributed by atoms with Crippen LogP contribution in [0.5, 0.6) is 0 Å². The summed E-state index contributed by atoms with van der Waals surface area (Å²) >= 11 is 0. The van der Waals surface area contributed by atoms with E-state index < -0.39 is 0 Å². The van der Waals surface area contributed by atoms with Crippen LogP contribution in [-0.4, -0.2) is 28.4 Å². The van der Waals surface area contributed by atoms with Gasteiger partial charge in [-0.1, -0.05) is 35.5 Å². The Bertz CT molecular complexity index is 358. The number of nitrogens with zero attached hydrogens (tertiary/aromatic N) is 2. The number of hydroxylamine groups is 1. The van der Waals surface area contributed by atoms with Crippen molar-refractivity contribution in [2.45, 2.75) is 13.3 Å². The van der Waals surface area contributed by atoms with Crippen LogP contribution in [0.4, 0.5) is 0 Å². The summed E-state index contributed by atoms with van der Waals surface area (Å²) in [5.41, 5.74) is 1.36. The highest BCUT2D eigenvalue weighted by atomic mass is 16.5. The minimum absolute atomic E-state index is 0.296. The molecule has 0 saturated carbocycles. The van der Waals surface area contributed by atoms with Crippen molar-refractivity contribution in [3.63, 3.8) is 0 Å². The van der Waals surface area contributed by atoms with Gasteiger partial charge in [-0.15, -0.1) is 0 Å². The molecule has 0 aliphatic carbocycles. The van der Waals surface area contributed by atoms with Crippen LogP contribution in [0.15, 0.2) is 35.5 Å². The Morgan fingerprint density at radius 3 is 2.67 bits per heavy atom. The van der Waals surface area contributed by atoms with Gasteiger partial charge in [-0.2, -0.15) is 0 Å². The Morgan fingerprint density at radius 2 is 2.13 bits per heavy atom. The van der Waals surface area contributed by atoms with Gasteiger partial charge in [-0.25, -0.2) is 4.74 Å². The van der Waals surface area contributed by atoms with Crippen LogP contribution in [0.25, 0.3) is 0 Å². The molecule has 0 aliphatic heterocycles. The average molecular weight is 206 g/mol. The topological polar surface area (TPSA) is 58.7 Å². The zero-order chi connectivity index (χ0) is 11.1. The summed E-state index contributed by atoms with van der Waals surface area (Å²) in [6.07, 6.45) is 1.87. The third-order valence-corrected chi connectivity index (χ3v) is 2.08. The summed E-state index contributed by atoms with van der Waals surface area (Å²) < 4.78 is 0.814. The fourth-order valence-corrected chi connectivity index (χ4v) is 1.23. The van der Waals surface area contributed by atoms with Gasteiger partial charge in [0, 0.05) is 6.92 Å². The molecule has 0 aliphatic rings. The van der Waals surface area contributed by atoms with Crippen molar-refractivity contribution in [3.05, 3.63) is 41.1 Å². The van der Waals surface area contributed by atoms with E-state index in [1.807, 2.05) is 30.3 Å². The van der Waals surface area contributed by atoms with Crippen LogP contribution in [0, 0.1) is 5.21 Å². The molecule has 0 radical (unpaired) electrons.